The van der Waals surface area contributed by atoms with Gasteiger partial charge in [0, 0.05) is 30.6 Å². The summed E-state index contributed by atoms with van der Waals surface area (Å²) in [7, 11) is 0. The molecule has 1 fully saturated rings. The maximum atomic E-state index is 12.9. The van der Waals surface area contributed by atoms with Gasteiger partial charge < -0.3 is 15.5 Å². The number of carbonyl (C=O) groups excluding carboxylic acids is 3. The van der Waals surface area contributed by atoms with Crippen LogP contribution in [0.5, 0.6) is 0 Å². The molecule has 0 spiro atoms. The van der Waals surface area contributed by atoms with Gasteiger partial charge in [-0.05, 0) is 42.3 Å². The van der Waals surface area contributed by atoms with E-state index >= 15 is 0 Å². The lowest BCUT2D eigenvalue weighted by Crippen LogP contribution is -2.49. The number of amides is 3. The number of rotatable bonds is 4. The molecule has 0 aliphatic carbocycles. The van der Waals surface area contributed by atoms with E-state index in [1.54, 1.807) is 31.2 Å². The van der Waals surface area contributed by atoms with Crippen molar-refractivity contribution in [2.24, 2.45) is 0 Å². The molecule has 33 heavy (non-hydrogen) atoms. The standard InChI is InChI=1S/C22H19F3N4O3S/c1-12-15-6-7-16(22(23,24)25)28-20(15)33-18(12)19(31)27-10-13-2-4-14(5-3-13)21(32)29-9-8-26-17(30)11-29/h2-7H,8-11H2,1H3,(H,26,30)(H,27,31). The highest BCUT2D eigenvalue weighted by atomic mass is 32.1. The van der Waals surface area contributed by atoms with Crippen molar-refractivity contribution in [1.82, 2.24) is 20.5 Å². The first-order chi connectivity index (χ1) is 15.6. The smallest absolute Gasteiger partial charge is 0.353 e. The number of aromatic nitrogens is 1. The third kappa shape index (κ3) is 4.82. The summed E-state index contributed by atoms with van der Waals surface area (Å²) in [6.45, 7) is 2.72. The Balaban J connectivity index is 1.42. The predicted molar refractivity (Wildman–Crippen MR) is 116 cm³/mol. The lowest BCUT2D eigenvalue weighted by molar-refractivity contribution is -0.141. The number of thiophene rings is 1. The molecule has 3 heterocycles. The van der Waals surface area contributed by atoms with Gasteiger partial charge in [0.15, 0.2) is 0 Å². The van der Waals surface area contributed by atoms with Crippen LogP contribution < -0.4 is 10.6 Å². The Hall–Kier alpha value is -3.47. The second kappa shape index (κ2) is 8.81. The maximum absolute atomic E-state index is 12.9. The third-order valence-electron chi connectivity index (χ3n) is 5.28. The minimum atomic E-state index is -4.55. The van der Waals surface area contributed by atoms with E-state index < -0.39 is 17.8 Å². The fourth-order valence-electron chi connectivity index (χ4n) is 3.50. The Morgan fingerprint density at radius 3 is 2.58 bits per heavy atom. The van der Waals surface area contributed by atoms with Gasteiger partial charge in [-0.1, -0.05) is 12.1 Å². The molecular weight excluding hydrogens is 457 g/mol. The summed E-state index contributed by atoms with van der Waals surface area (Å²) in [5.74, 6) is -0.856. The molecule has 0 atom stereocenters. The minimum absolute atomic E-state index is 0.0183. The highest BCUT2D eigenvalue weighted by molar-refractivity contribution is 7.20. The van der Waals surface area contributed by atoms with Gasteiger partial charge in [-0.25, -0.2) is 4.98 Å². The number of aryl methyl sites for hydroxylation is 1. The third-order valence-corrected chi connectivity index (χ3v) is 6.48. The largest absolute Gasteiger partial charge is 0.433 e. The van der Waals surface area contributed by atoms with Crippen LogP contribution in [0.2, 0.25) is 0 Å². The first kappa shape index (κ1) is 22.7. The van der Waals surface area contributed by atoms with Crippen LogP contribution in [0.25, 0.3) is 10.2 Å². The van der Waals surface area contributed by atoms with E-state index in [1.165, 1.54) is 11.0 Å². The summed E-state index contributed by atoms with van der Waals surface area (Å²) < 4.78 is 38.7. The summed E-state index contributed by atoms with van der Waals surface area (Å²) in [5.41, 5.74) is 0.752. The van der Waals surface area contributed by atoms with Crippen molar-refractivity contribution in [2.75, 3.05) is 19.6 Å². The molecule has 0 bridgehead atoms. The van der Waals surface area contributed by atoms with Crippen molar-refractivity contribution in [3.63, 3.8) is 0 Å². The van der Waals surface area contributed by atoms with Crippen molar-refractivity contribution in [3.8, 4) is 0 Å². The topological polar surface area (TPSA) is 91.4 Å². The number of nitrogens with one attached hydrogen (secondary N) is 2. The monoisotopic (exact) mass is 476 g/mol. The van der Waals surface area contributed by atoms with Crippen LogP contribution in [0.1, 0.15) is 36.9 Å². The summed E-state index contributed by atoms with van der Waals surface area (Å²) in [6, 6.07) is 8.89. The average Bonchev–Trinajstić information content (AvgIpc) is 3.13. The van der Waals surface area contributed by atoms with Gasteiger partial charge in [0.05, 0.1) is 11.4 Å². The van der Waals surface area contributed by atoms with Crippen LogP contribution in [0.3, 0.4) is 0 Å². The maximum Gasteiger partial charge on any atom is 0.433 e. The second-order valence-electron chi connectivity index (χ2n) is 7.56. The molecule has 11 heteroatoms. The van der Waals surface area contributed by atoms with E-state index in [0.29, 0.717) is 34.5 Å². The molecule has 1 saturated heterocycles. The molecule has 1 aliphatic heterocycles. The zero-order valence-corrected chi connectivity index (χ0v) is 18.3. The lowest BCUT2D eigenvalue weighted by atomic mass is 10.1. The highest BCUT2D eigenvalue weighted by Gasteiger charge is 2.33. The van der Waals surface area contributed by atoms with Crippen LogP contribution >= 0.6 is 11.3 Å². The van der Waals surface area contributed by atoms with Crippen LogP contribution in [-0.2, 0) is 17.5 Å². The SMILES string of the molecule is Cc1c(C(=O)NCc2ccc(C(=O)N3CCNC(=O)C3)cc2)sc2nc(C(F)(F)F)ccc12. The number of nitrogens with zero attached hydrogens (tertiary/aromatic N) is 2. The van der Waals surface area contributed by atoms with Gasteiger partial charge in [-0.2, -0.15) is 13.2 Å². The molecule has 2 N–H and O–H groups in total. The van der Waals surface area contributed by atoms with E-state index in [0.717, 1.165) is 23.0 Å². The predicted octanol–water partition coefficient (Wildman–Crippen LogP) is 3.13. The van der Waals surface area contributed by atoms with Gasteiger partial charge in [0.1, 0.15) is 10.5 Å². The van der Waals surface area contributed by atoms with Crippen molar-refractivity contribution in [2.45, 2.75) is 19.6 Å². The number of alkyl halides is 3. The van der Waals surface area contributed by atoms with Gasteiger partial charge in [0.2, 0.25) is 5.91 Å². The van der Waals surface area contributed by atoms with Crippen molar-refractivity contribution in [1.29, 1.82) is 0 Å². The molecule has 1 aliphatic rings. The fourth-order valence-corrected chi connectivity index (χ4v) is 4.59. The zero-order valence-electron chi connectivity index (χ0n) is 17.5. The highest BCUT2D eigenvalue weighted by Crippen LogP contribution is 2.34. The van der Waals surface area contributed by atoms with Crippen molar-refractivity contribution in [3.05, 3.63) is 63.7 Å². The Morgan fingerprint density at radius 2 is 1.91 bits per heavy atom. The molecule has 0 unspecified atom stereocenters. The number of halogens is 3. The van der Waals surface area contributed by atoms with Crippen LogP contribution in [-0.4, -0.2) is 47.2 Å². The molecule has 7 nitrogen and oxygen atoms in total. The summed E-state index contributed by atoms with van der Waals surface area (Å²) >= 11 is 0.914. The average molecular weight is 476 g/mol. The molecule has 172 valence electrons. The molecule has 4 rings (SSSR count). The normalized spacial score (nSPS) is 14.3. The number of pyridine rings is 1. The Bertz CT molecular complexity index is 1240. The van der Waals surface area contributed by atoms with Crippen molar-refractivity contribution >= 4 is 39.3 Å². The Kier molecular flexibility index (Phi) is 6.07. The van der Waals surface area contributed by atoms with E-state index in [1.807, 2.05) is 0 Å². The number of fused-ring (bicyclic) bond motifs is 1. The molecular formula is C22H19F3N4O3S. The van der Waals surface area contributed by atoms with Crippen LogP contribution in [0.15, 0.2) is 36.4 Å². The van der Waals surface area contributed by atoms with Crippen LogP contribution in [0, 0.1) is 6.92 Å². The van der Waals surface area contributed by atoms with Gasteiger partial charge in [0.25, 0.3) is 11.8 Å². The number of hydrogen-bond donors (Lipinski definition) is 2. The van der Waals surface area contributed by atoms with Gasteiger partial charge in [-0.3, -0.25) is 14.4 Å². The van der Waals surface area contributed by atoms with Gasteiger partial charge in [-0.15, -0.1) is 11.3 Å². The van der Waals surface area contributed by atoms with E-state index in [2.05, 4.69) is 15.6 Å². The van der Waals surface area contributed by atoms with Gasteiger partial charge >= 0.3 is 6.18 Å². The van der Waals surface area contributed by atoms with Crippen molar-refractivity contribution < 1.29 is 27.6 Å². The lowest BCUT2D eigenvalue weighted by Gasteiger charge is -2.26. The minimum Gasteiger partial charge on any atom is -0.353 e. The number of hydrogen-bond acceptors (Lipinski definition) is 5. The number of piperazine rings is 1. The fraction of sp³-hybridized carbons (Fsp3) is 0.273. The Morgan fingerprint density at radius 1 is 1.18 bits per heavy atom. The summed E-state index contributed by atoms with van der Waals surface area (Å²) in [5, 5.41) is 5.92. The first-order valence-electron chi connectivity index (χ1n) is 10.0. The summed E-state index contributed by atoms with van der Waals surface area (Å²) in [6.07, 6.45) is -4.55. The number of benzene rings is 1. The first-order valence-corrected chi connectivity index (χ1v) is 10.9. The molecule has 0 saturated carbocycles. The second-order valence-corrected chi connectivity index (χ2v) is 8.56. The summed E-state index contributed by atoms with van der Waals surface area (Å²) in [4.78, 5) is 42.2. The quantitative estimate of drug-likeness (QED) is 0.606. The van der Waals surface area contributed by atoms with E-state index in [4.69, 9.17) is 0 Å². The molecule has 0 radical (unpaired) electrons. The molecule has 1 aromatic carbocycles. The number of carbonyl (C=O) groups is 3. The molecule has 3 aromatic rings. The van der Waals surface area contributed by atoms with Crippen LogP contribution in [0.4, 0.5) is 13.2 Å². The zero-order chi connectivity index (χ0) is 23.8. The molecule has 2 aromatic heterocycles. The van der Waals surface area contributed by atoms with E-state index in [-0.39, 0.29) is 29.7 Å². The van der Waals surface area contributed by atoms with E-state index in [9.17, 15) is 27.6 Å². The molecule has 3 amide bonds. The Labute approximate surface area is 190 Å².